The molecule has 0 radical (unpaired) electrons. The van der Waals surface area contributed by atoms with Gasteiger partial charge in [0.15, 0.2) is 5.11 Å². The van der Waals surface area contributed by atoms with E-state index in [1.807, 2.05) is 64.9 Å². The highest BCUT2D eigenvalue weighted by molar-refractivity contribution is 7.80. The van der Waals surface area contributed by atoms with Gasteiger partial charge < -0.3 is 25.6 Å². The van der Waals surface area contributed by atoms with E-state index in [1.54, 1.807) is 12.1 Å². The number of nitrogens with zero attached hydrogens (tertiary/aromatic N) is 2. The van der Waals surface area contributed by atoms with Crippen LogP contribution in [0.4, 0.5) is 17.1 Å². The highest BCUT2D eigenvalue weighted by Crippen LogP contribution is 2.29. The van der Waals surface area contributed by atoms with E-state index in [4.69, 9.17) is 17.0 Å². The number of carbonyl (C=O) groups excluding carboxylic acids is 1. The largest absolute Gasteiger partial charge is 0.492 e. The summed E-state index contributed by atoms with van der Waals surface area (Å²) in [6.45, 7) is 8.99. The minimum Gasteiger partial charge on any atom is -0.492 e. The van der Waals surface area contributed by atoms with Gasteiger partial charge in [-0.05, 0) is 75.8 Å². The minimum atomic E-state index is -0.623. The van der Waals surface area contributed by atoms with Crippen LogP contribution < -0.4 is 20.7 Å². The molecule has 2 rings (SSSR count). The molecule has 0 aromatic heterocycles. The van der Waals surface area contributed by atoms with Crippen molar-refractivity contribution in [2.45, 2.75) is 40.2 Å². The average Bonchev–Trinajstić information content (AvgIpc) is 2.76. The second-order valence-electron chi connectivity index (χ2n) is 9.12. The first-order chi connectivity index (χ1) is 16.5. The van der Waals surface area contributed by atoms with E-state index in [2.05, 4.69) is 16.0 Å². The number of amides is 1. The molecule has 2 aromatic carbocycles. The van der Waals surface area contributed by atoms with Crippen molar-refractivity contribution in [3.05, 3.63) is 57.6 Å². The van der Waals surface area contributed by atoms with Crippen LogP contribution in [0.25, 0.3) is 0 Å². The maximum atomic E-state index is 13.1. The fraction of sp³-hybridized carbons (Fsp3) is 0.440. The number of nitrogens with one attached hydrogen (secondary N) is 3. The van der Waals surface area contributed by atoms with Gasteiger partial charge >= 0.3 is 0 Å². The molecule has 190 valence electrons. The number of para-hydroxylation sites is 1. The number of anilines is 2. The summed E-state index contributed by atoms with van der Waals surface area (Å²) in [6, 6.07) is 9.74. The van der Waals surface area contributed by atoms with Crippen LogP contribution >= 0.6 is 12.2 Å². The highest BCUT2D eigenvalue weighted by Gasteiger charge is 2.23. The fourth-order valence-corrected chi connectivity index (χ4v) is 3.70. The highest BCUT2D eigenvalue weighted by atomic mass is 32.1. The summed E-state index contributed by atoms with van der Waals surface area (Å²) in [7, 11) is 3.84. The molecule has 0 saturated carbocycles. The molecule has 1 atom stereocenters. The van der Waals surface area contributed by atoms with Gasteiger partial charge in [-0.2, -0.15) is 0 Å². The van der Waals surface area contributed by atoms with Crippen LogP contribution in [0.2, 0.25) is 0 Å². The number of ether oxygens (including phenoxy) is 1. The number of aryl methyl sites for hydroxylation is 2. The number of hydrogen-bond acceptors (Lipinski definition) is 6. The van der Waals surface area contributed by atoms with Crippen molar-refractivity contribution in [1.29, 1.82) is 0 Å². The molecular weight excluding hydrogens is 466 g/mol. The lowest BCUT2D eigenvalue weighted by Crippen LogP contribution is -2.46. The van der Waals surface area contributed by atoms with Gasteiger partial charge in [-0.15, -0.1) is 0 Å². The molecule has 0 bridgehead atoms. The standard InChI is InChI=1S/C25H35N5O4S/c1-16(2)14-21(24(31)28-23-17(3)8-7-9-18(23)4)27-25(35)26-20-11-10-19(15-22(20)30(32)33)34-13-12-29(5)6/h7-11,15-16,21H,12-14H2,1-6H3,(H,28,31)(H2,26,27,35)/t21-/m1/s1. The molecular formula is C25H35N5O4S. The van der Waals surface area contributed by atoms with Crippen LogP contribution in [0.1, 0.15) is 31.4 Å². The van der Waals surface area contributed by atoms with Gasteiger partial charge in [-0.25, -0.2) is 0 Å². The van der Waals surface area contributed by atoms with Crippen LogP contribution in [0.15, 0.2) is 36.4 Å². The molecule has 0 saturated heterocycles. The molecule has 0 aliphatic heterocycles. The molecule has 35 heavy (non-hydrogen) atoms. The molecule has 9 nitrogen and oxygen atoms in total. The van der Waals surface area contributed by atoms with E-state index in [0.717, 1.165) is 16.8 Å². The zero-order valence-corrected chi connectivity index (χ0v) is 22.0. The zero-order valence-electron chi connectivity index (χ0n) is 21.2. The number of benzene rings is 2. The normalized spacial score (nSPS) is 11.8. The third-order valence-electron chi connectivity index (χ3n) is 5.28. The molecule has 0 fully saturated rings. The summed E-state index contributed by atoms with van der Waals surface area (Å²) < 4.78 is 5.61. The first-order valence-electron chi connectivity index (χ1n) is 11.5. The second kappa shape index (κ2) is 13.0. The number of nitro groups is 1. The number of hydrogen-bond donors (Lipinski definition) is 3. The number of thiocarbonyl (C=S) groups is 1. The number of carbonyl (C=O) groups is 1. The SMILES string of the molecule is Cc1cccc(C)c1NC(=O)[C@@H](CC(C)C)NC(=S)Nc1ccc(OCCN(C)C)cc1[N+](=O)[O-]. The van der Waals surface area contributed by atoms with Crippen molar-refractivity contribution in [2.24, 2.45) is 5.92 Å². The average molecular weight is 502 g/mol. The minimum absolute atomic E-state index is 0.122. The summed E-state index contributed by atoms with van der Waals surface area (Å²) >= 11 is 5.42. The van der Waals surface area contributed by atoms with Gasteiger partial charge in [-0.1, -0.05) is 32.0 Å². The van der Waals surface area contributed by atoms with E-state index in [1.165, 1.54) is 6.07 Å². The molecule has 1 amide bonds. The smallest absolute Gasteiger partial charge is 0.296 e. The quantitative estimate of drug-likeness (QED) is 0.235. The monoisotopic (exact) mass is 501 g/mol. The summed E-state index contributed by atoms with van der Waals surface area (Å²) in [5.74, 6) is 0.389. The van der Waals surface area contributed by atoms with Crippen LogP contribution in [-0.4, -0.2) is 54.1 Å². The number of likely N-dealkylation sites (N-methyl/N-ethyl adjacent to an activating group) is 1. The lowest BCUT2D eigenvalue weighted by molar-refractivity contribution is -0.384. The van der Waals surface area contributed by atoms with Gasteiger partial charge in [-0.3, -0.25) is 14.9 Å². The fourth-order valence-electron chi connectivity index (χ4n) is 3.45. The molecule has 0 spiro atoms. The van der Waals surface area contributed by atoms with Crippen molar-refractivity contribution in [3.8, 4) is 5.75 Å². The van der Waals surface area contributed by atoms with E-state index in [0.29, 0.717) is 25.3 Å². The van der Waals surface area contributed by atoms with Crippen molar-refractivity contribution < 1.29 is 14.5 Å². The second-order valence-corrected chi connectivity index (χ2v) is 9.53. The Bertz CT molecular complexity index is 1040. The van der Waals surface area contributed by atoms with Crippen LogP contribution in [0.5, 0.6) is 5.75 Å². The first kappa shape index (κ1) is 28.0. The third kappa shape index (κ3) is 8.80. The molecule has 3 N–H and O–H groups in total. The van der Waals surface area contributed by atoms with Crippen LogP contribution in [-0.2, 0) is 4.79 Å². The van der Waals surface area contributed by atoms with E-state index < -0.39 is 11.0 Å². The molecule has 0 aliphatic carbocycles. The van der Waals surface area contributed by atoms with Crippen molar-refractivity contribution >= 4 is 40.3 Å². The predicted molar refractivity (Wildman–Crippen MR) is 144 cm³/mol. The third-order valence-corrected chi connectivity index (χ3v) is 5.50. The molecule has 0 heterocycles. The lowest BCUT2D eigenvalue weighted by atomic mass is 10.0. The van der Waals surface area contributed by atoms with Gasteiger partial charge in [0.25, 0.3) is 5.69 Å². The Kier molecular flexibility index (Phi) is 10.4. The Morgan fingerprint density at radius 2 is 1.80 bits per heavy atom. The van der Waals surface area contributed by atoms with Gasteiger partial charge in [0.2, 0.25) is 5.91 Å². The Labute approximate surface area is 212 Å². The summed E-state index contributed by atoms with van der Waals surface area (Å²) in [6.07, 6.45) is 0.527. The Morgan fingerprint density at radius 1 is 1.14 bits per heavy atom. The van der Waals surface area contributed by atoms with Crippen LogP contribution in [0.3, 0.4) is 0 Å². The Hall–Kier alpha value is -3.24. The molecule has 2 aromatic rings. The van der Waals surface area contributed by atoms with E-state index in [9.17, 15) is 14.9 Å². The zero-order chi connectivity index (χ0) is 26.1. The van der Waals surface area contributed by atoms with E-state index in [-0.39, 0.29) is 28.3 Å². The Morgan fingerprint density at radius 3 is 2.37 bits per heavy atom. The van der Waals surface area contributed by atoms with Crippen molar-refractivity contribution in [1.82, 2.24) is 10.2 Å². The van der Waals surface area contributed by atoms with E-state index >= 15 is 0 Å². The molecule has 0 unspecified atom stereocenters. The van der Waals surface area contributed by atoms with Gasteiger partial charge in [0, 0.05) is 12.2 Å². The van der Waals surface area contributed by atoms with Crippen molar-refractivity contribution in [3.63, 3.8) is 0 Å². The molecule has 0 aliphatic rings. The first-order valence-corrected chi connectivity index (χ1v) is 11.9. The summed E-state index contributed by atoms with van der Waals surface area (Å²) in [5.41, 5.74) is 2.74. The van der Waals surface area contributed by atoms with Gasteiger partial charge in [0.05, 0.1) is 11.0 Å². The maximum absolute atomic E-state index is 13.1. The summed E-state index contributed by atoms with van der Waals surface area (Å²) in [5, 5.41) is 20.7. The van der Waals surface area contributed by atoms with Crippen LogP contribution in [0, 0.1) is 29.9 Å². The number of rotatable bonds is 11. The summed E-state index contributed by atoms with van der Waals surface area (Å²) in [4.78, 5) is 26.2. The predicted octanol–water partition coefficient (Wildman–Crippen LogP) is 4.49. The molecule has 10 heteroatoms. The number of nitro benzene ring substituents is 1. The van der Waals surface area contributed by atoms with Crippen molar-refractivity contribution in [2.75, 3.05) is 37.9 Å². The lowest BCUT2D eigenvalue weighted by Gasteiger charge is -2.23. The maximum Gasteiger partial charge on any atom is 0.296 e. The topological polar surface area (TPSA) is 109 Å². The Balaban J connectivity index is 2.14. The van der Waals surface area contributed by atoms with Gasteiger partial charge in [0.1, 0.15) is 24.1 Å².